The quantitative estimate of drug-likeness (QED) is 0.310. The molecule has 132 valence electrons. The van der Waals surface area contributed by atoms with Crippen molar-refractivity contribution in [2.75, 3.05) is 6.54 Å². The number of nitrogens with one attached hydrogen (secondary N) is 1. The van der Waals surface area contributed by atoms with Crippen molar-refractivity contribution in [1.29, 1.82) is 0 Å². The summed E-state index contributed by atoms with van der Waals surface area (Å²) in [6.45, 7) is 0.215. The number of alkyl halides is 3. The molecule has 1 aliphatic carbocycles. The molecule has 1 aliphatic rings. The lowest BCUT2D eigenvalue weighted by atomic mass is 9.96. The zero-order valence-electron chi connectivity index (χ0n) is 13.2. The van der Waals surface area contributed by atoms with Crippen LogP contribution in [-0.2, 0) is 6.18 Å². The van der Waals surface area contributed by atoms with Gasteiger partial charge in [-0.3, -0.25) is 0 Å². The largest absolute Gasteiger partial charge is 0.416 e. The van der Waals surface area contributed by atoms with Gasteiger partial charge in [-0.15, -0.1) is 24.0 Å². The second kappa shape index (κ2) is 9.77. The van der Waals surface area contributed by atoms with Crippen molar-refractivity contribution in [2.45, 2.75) is 44.3 Å². The third kappa shape index (κ3) is 6.99. The van der Waals surface area contributed by atoms with E-state index in [2.05, 4.69) is 22.2 Å². The SMILES string of the molecule is I.NC(=NCC#Cc1ccc(C(F)(F)F)cc1)NC1CCCCC1. The number of aliphatic imine (C=N–C) groups is 1. The normalized spacial score (nSPS) is 15.9. The predicted molar refractivity (Wildman–Crippen MR) is 100 cm³/mol. The minimum Gasteiger partial charge on any atom is -0.370 e. The van der Waals surface area contributed by atoms with Crippen molar-refractivity contribution in [3.05, 3.63) is 35.4 Å². The van der Waals surface area contributed by atoms with Gasteiger partial charge in [0.05, 0.1) is 5.56 Å². The third-order valence-corrected chi connectivity index (χ3v) is 3.73. The van der Waals surface area contributed by atoms with Crippen LogP contribution in [0.3, 0.4) is 0 Å². The molecule has 0 atom stereocenters. The summed E-state index contributed by atoms with van der Waals surface area (Å²) >= 11 is 0. The zero-order valence-corrected chi connectivity index (χ0v) is 15.5. The van der Waals surface area contributed by atoms with E-state index in [1.54, 1.807) is 0 Å². The van der Waals surface area contributed by atoms with Crippen LogP contribution in [0, 0.1) is 11.8 Å². The molecule has 1 aromatic carbocycles. The van der Waals surface area contributed by atoms with E-state index in [4.69, 9.17) is 5.73 Å². The minimum absolute atomic E-state index is 0. The van der Waals surface area contributed by atoms with Gasteiger partial charge in [-0.1, -0.05) is 31.1 Å². The van der Waals surface area contributed by atoms with E-state index in [-0.39, 0.29) is 30.5 Å². The van der Waals surface area contributed by atoms with Gasteiger partial charge in [0.15, 0.2) is 5.96 Å². The smallest absolute Gasteiger partial charge is 0.370 e. The molecule has 0 heterocycles. The minimum atomic E-state index is -4.32. The number of hydrogen-bond acceptors (Lipinski definition) is 1. The lowest BCUT2D eigenvalue weighted by molar-refractivity contribution is -0.137. The molecule has 0 spiro atoms. The molecule has 1 fully saturated rings. The van der Waals surface area contributed by atoms with Gasteiger partial charge in [-0.2, -0.15) is 13.2 Å². The van der Waals surface area contributed by atoms with Crippen LogP contribution in [0.1, 0.15) is 43.2 Å². The molecule has 0 amide bonds. The number of nitrogens with two attached hydrogens (primary N) is 1. The Hall–Kier alpha value is -1.43. The number of nitrogens with zero attached hydrogens (tertiary/aromatic N) is 1. The van der Waals surface area contributed by atoms with E-state index in [0.717, 1.165) is 25.0 Å². The molecule has 0 aliphatic heterocycles. The van der Waals surface area contributed by atoms with E-state index >= 15 is 0 Å². The molecule has 2 rings (SSSR count). The molecular formula is C17H21F3IN3. The highest BCUT2D eigenvalue weighted by Gasteiger charge is 2.29. The molecule has 0 aromatic heterocycles. The van der Waals surface area contributed by atoms with E-state index < -0.39 is 11.7 Å². The van der Waals surface area contributed by atoms with Gasteiger partial charge in [0, 0.05) is 11.6 Å². The monoisotopic (exact) mass is 451 g/mol. The Morgan fingerprint density at radius 2 is 1.79 bits per heavy atom. The first-order valence-corrected chi connectivity index (χ1v) is 7.68. The number of guanidine groups is 1. The number of benzene rings is 1. The lowest BCUT2D eigenvalue weighted by Gasteiger charge is -2.22. The highest BCUT2D eigenvalue weighted by atomic mass is 127. The van der Waals surface area contributed by atoms with Gasteiger partial charge < -0.3 is 11.1 Å². The number of hydrogen-bond donors (Lipinski definition) is 2. The summed E-state index contributed by atoms with van der Waals surface area (Å²) in [5, 5.41) is 3.18. The van der Waals surface area contributed by atoms with Gasteiger partial charge in [-0.25, -0.2) is 4.99 Å². The van der Waals surface area contributed by atoms with Crippen molar-refractivity contribution in [3.8, 4) is 11.8 Å². The molecule has 0 unspecified atom stereocenters. The Labute approximate surface area is 157 Å². The van der Waals surface area contributed by atoms with Gasteiger partial charge in [-0.05, 0) is 37.1 Å². The second-order valence-electron chi connectivity index (χ2n) is 5.56. The zero-order chi connectivity index (χ0) is 16.7. The first-order valence-electron chi connectivity index (χ1n) is 7.68. The van der Waals surface area contributed by atoms with Crippen LogP contribution in [0.15, 0.2) is 29.3 Å². The first-order chi connectivity index (χ1) is 10.9. The van der Waals surface area contributed by atoms with Crippen LogP contribution >= 0.6 is 24.0 Å². The van der Waals surface area contributed by atoms with E-state index in [9.17, 15) is 13.2 Å². The van der Waals surface area contributed by atoms with Crippen LogP contribution in [-0.4, -0.2) is 18.5 Å². The summed E-state index contributed by atoms with van der Waals surface area (Å²) in [6, 6.07) is 5.13. The van der Waals surface area contributed by atoms with Crippen molar-refractivity contribution >= 4 is 29.9 Å². The van der Waals surface area contributed by atoms with E-state index in [1.807, 2.05) is 0 Å². The van der Waals surface area contributed by atoms with Crippen LogP contribution < -0.4 is 11.1 Å². The second-order valence-corrected chi connectivity index (χ2v) is 5.56. The number of halogens is 4. The molecule has 1 aromatic rings. The molecule has 0 radical (unpaired) electrons. The van der Waals surface area contributed by atoms with Crippen LogP contribution in [0.25, 0.3) is 0 Å². The average molecular weight is 451 g/mol. The van der Waals surface area contributed by atoms with Gasteiger partial charge >= 0.3 is 6.18 Å². The summed E-state index contributed by atoms with van der Waals surface area (Å²) in [5.74, 6) is 5.94. The lowest BCUT2D eigenvalue weighted by Crippen LogP contribution is -2.41. The van der Waals surface area contributed by atoms with Crippen LogP contribution in [0.5, 0.6) is 0 Å². The van der Waals surface area contributed by atoms with Gasteiger partial charge in [0.25, 0.3) is 0 Å². The van der Waals surface area contributed by atoms with Crippen molar-refractivity contribution in [1.82, 2.24) is 5.32 Å². The molecule has 24 heavy (non-hydrogen) atoms. The molecule has 1 saturated carbocycles. The molecule has 3 nitrogen and oxygen atoms in total. The summed E-state index contributed by atoms with van der Waals surface area (Å²) < 4.78 is 37.3. The molecule has 7 heteroatoms. The fraction of sp³-hybridized carbons (Fsp3) is 0.471. The topological polar surface area (TPSA) is 50.4 Å². The fourth-order valence-corrected chi connectivity index (χ4v) is 2.51. The maximum absolute atomic E-state index is 12.4. The van der Waals surface area contributed by atoms with Gasteiger partial charge in [0.2, 0.25) is 0 Å². The Balaban J connectivity index is 0.00000288. The number of rotatable bonds is 2. The molecule has 0 bridgehead atoms. The fourth-order valence-electron chi connectivity index (χ4n) is 2.51. The standard InChI is InChI=1S/C17H20F3N3.HI/c18-17(19,20)14-10-8-13(9-11-14)5-4-12-22-16(21)23-15-6-2-1-3-7-15;/h8-11,15H,1-3,6-7,12H2,(H3,21,22,23);1H. The Morgan fingerprint density at radius 3 is 2.38 bits per heavy atom. The summed E-state index contributed by atoms with van der Waals surface area (Å²) in [7, 11) is 0. The van der Waals surface area contributed by atoms with Crippen LogP contribution in [0.2, 0.25) is 0 Å². The van der Waals surface area contributed by atoms with Crippen molar-refractivity contribution < 1.29 is 13.2 Å². The van der Waals surface area contributed by atoms with E-state index in [1.165, 1.54) is 31.4 Å². The maximum Gasteiger partial charge on any atom is 0.416 e. The molecule has 3 N–H and O–H groups in total. The summed E-state index contributed by atoms with van der Waals surface area (Å²) in [6.07, 6.45) is 1.57. The van der Waals surface area contributed by atoms with Crippen molar-refractivity contribution in [2.24, 2.45) is 10.7 Å². The highest BCUT2D eigenvalue weighted by molar-refractivity contribution is 14.0. The Bertz CT molecular complexity index is 594. The Morgan fingerprint density at radius 1 is 1.17 bits per heavy atom. The van der Waals surface area contributed by atoms with Crippen molar-refractivity contribution in [3.63, 3.8) is 0 Å². The van der Waals surface area contributed by atoms with E-state index in [0.29, 0.717) is 17.6 Å². The van der Waals surface area contributed by atoms with Crippen LogP contribution in [0.4, 0.5) is 13.2 Å². The van der Waals surface area contributed by atoms with Gasteiger partial charge in [0.1, 0.15) is 6.54 Å². The average Bonchev–Trinajstić information content (AvgIpc) is 2.52. The molecule has 0 saturated heterocycles. The third-order valence-electron chi connectivity index (χ3n) is 3.73. The molecular weight excluding hydrogens is 430 g/mol. The summed E-state index contributed by atoms with van der Waals surface area (Å²) in [4.78, 5) is 4.12. The first kappa shape index (κ1) is 20.6. The predicted octanol–water partition coefficient (Wildman–Crippen LogP) is 3.91. The Kier molecular flexibility index (Phi) is 8.39. The summed E-state index contributed by atoms with van der Waals surface area (Å²) in [5.41, 5.74) is 5.64. The maximum atomic E-state index is 12.4. The highest BCUT2D eigenvalue weighted by Crippen LogP contribution is 2.28.